The summed E-state index contributed by atoms with van der Waals surface area (Å²) in [7, 11) is 0. The molecule has 3 N–H and O–H groups in total. The molecule has 1 heterocycles. The highest BCUT2D eigenvalue weighted by Gasteiger charge is 2.47. The molecule has 0 bridgehead atoms. The van der Waals surface area contributed by atoms with E-state index in [-0.39, 0.29) is 0 Å². The van der Waals surface area contributed by atoms with Gasteiger partial charge in [0.25, 0.3) is 5.91 Å². The largest absolute Gasteiger partial charge is 0.333 e. The van der Waals surface area contributed by atoms with Crippen LogP contribution in [0.15, 0.2) is 30.3 Å². The molecule has 8 nitrogen and oxygen atoms in total. The lowest BCUT2D eigenvalue weighted by atomic mass is 9.93. The fourth-order valence-corrected chi connectivity index (χ4v) is 2.78. The quantitative estimate of drug-likeness (QED) is 0.680. The van der Waals surface area contributed by atoms with Crippen LogP contribution in [0.4, 0.5) is 9.59 Å². The summed E-state index contributed by atoms with van der Waals surface area (Å²) in [5.41, 5.74) is -0.543. The summed E-state index contributed by atoms with van der Waals surface area (Å²) in [6.07, 6.45) is 1.02. The maximum absolute atomic E-state index is 12.7. The molecule has 1 aliphatic rings. The first-order valence-corrected chi connectivity index (χ1v) is 8.80. The highest BCUT2D eigenvalue weighted by atomic mass is 16.2. The third kappa shape index (κ3) is 5.54. The van der Waals surface area contributed by atoms with E-state index in [1.807, 2.05) is 30.3 Å². The van der Waals surface area contributed by atoms with Crippen LogP contribution in [-0.2, 0) is 16.0 Å². The Kier molecular flexibility index (Phi) is 5.88. The Morgan fingerprint density at radius 3 is 2.37 bits per heavy atom. The topological polar surface area (TPSA) is 108 Å². The molecule has 1 aromatic carbocycles. The molecule has 8 heteroatoms. The molecule has 1 aliphatic heterocycles. The Labute approximate surface area is 158 Å². The van der Waals surface area contributed by atoms with E-state index >= 15 is 0 Å². The Hall–Kier alpha value is -2.90. The van der Waals surface area contributed by atoms with Gasteiger partial charge in [0, 0.05) is 5.54 Å². The molecular formula is C19H26N4O4. The number of rotatable bonds is 5. The van der Waals surface area contributed by atoms with E-state index in [4.69, 9.17) is 0 Å². The second kappa shape index (κ2) is 7.77. The van der Waals surface area contributed by atoms with E-state index < -0.39 is 41.5 Å². The number of nitrogens with zero attached hydrogens (tertiary/aromatic N) is 1. The Bertz CT molecular complexity index is 742. The number of urea groups is 2. The molecule has 1 aromatic rings. The third-order valence-electron chi connectivity index (χ3n) is 4.14. The van der Waals surface area contributed by atoms with Gasteiger partial charge in [0.2, 0.25) is 5.91 Å². The van der Waals surface area contributed by atoms with Crippen molar-refractivity contribution in [3.8, 4) is 0 Å². The van der Waals surface area contributed by atoms with Gasteiger partial charge in [-0.15, -0.1) is 0 Å². The molecule has 0 unspecified atom stereocenters. The summed E-state index contributed by atoms with van der Waals surface area (Å²) in [5.74, 6) is -1.21. The van der Waals surface area contributed by atoms with E-state index in [2.05, 4.69) is 16.0 Å². The molecule has 1 saturated heterocycles. The highest BCUT2D eigenvalue weighted by Crippen LogP contribution is 2.23. The van der Waals surface area contributed by atoms with Crippen LogP contribution >= 0.6 is 0 Å². The van der Waals surface area contributed by atoms with E-state index in [1.165, 1.54) is 0 Å². The van der Waals surface area contributed by atoms with Gasteiger partial charge >= 0.3 is 12.1 Å². The first-order chi connectivity index (χ1) is 12.5. The van der Waals surface area contributed by atoms with Gasteiger partial charge in [-0.2, -0.15) is 0 Å². The van der Waals surface area contributed by atoms with Gasteiger partial charge in [-0.25, -0.2) is 9.59 Å². The van der Waals surface area contributed by atoms with E-state index in [9.17, 15) is 19.2 Å². The van der Waals surface area contributed by atoms with Crippen LogP contribution in [0.2, 0.25) is 0 Å². The van der Waals surface area contributed by atoms with Crippen LogP contribution < -0.4 is 16.0 Å². The molecule has 0 radical (unpaired) electrons. The molecule has 2 rings (SSSR count). The SMILES string of the molecule is CC(C)(C)NC(=O)NC(=O)CN1C(=O)N[C@@](C)(CCc2ccccc2)C1=O. The van der Waals surface area contributed by atoms with Gasteiger partial charge in [-0.05, 0) is 46.1 Å². The lowest BCUT2D eigenvalue weighted by Crippen LogP contribution is -2.51. The lowest BCUT2D eigenvalue weighted by molar-refractivity contribution is -0.134. The van der Waals surface area contributed by atoms with Crippen LogP contribution in [0, 0.1) is 0 Å². The van der Waals surface area contributed by atoms with Gasteiger partial charge in [-0.1, -0.05) is 30.3 Å². The molecule has 6 amide bonds. The predicted octanol–water partition coefficient (Wildman–Crippen LogP) is 1.55. The molecule has 0 saturated carbocycles. The minimum Gasteiger partial charge on any atom is -0.333 e. The van der Waals surface area contributed by atoms with Gasteiger partial charge in [-0.3, -0.25) is 19.8 Å². The average Bonchev–Trinajstić information content (AvgIpc) is 2.76. The number of hydrogen-bond donors (Lipinski definition) is 3. The van der Waals surface area contributed by atoms with Crippen molar-refractivity contribution >= 4 is 23.9 Å². The van der Waals surface area contributed by atoms with Gasteiger partial charge < -0.3 is 10.6 Å². The van der Waals surface area contributed by atoms with Crippen molar-refractivity contribution in [3.63, 3.8) is 0 Å². The number of carbonyl (C=O) groups excluding carboxylic acids is 4. The van der Waals surface area contributed by atoms with E-state index in [0.29, 0.717) is 12.8 Å². The minimum atomic E-state index is -1.08. The normalized spacial score (nSPS) is 19.6. The Morgan fingerprint density at radius 2 is 1.78 bits per heavy atom. The van der Waals surface area contributed by atoms with Crippen molar-refractivity contribution in [2.45, 2.75) is 51.6 Å². The fraction of sp³-hybridized carbons (Fsp3) is 0.474. The first kappa shape index (κ1) is 20.4. The predicted molar refractivity (Wildman–Crippen MR) is 99.8 cm³/mol. The lowest BCUT2D eigenvalue weighted by Gasteiger charge is -2.22. The average molecular weight is 374 g/mol. The molecular weight excluding hydrogens is 348 g/mol. The van der Waals surface area contributed by atoms with Crippen LogP contribution in [-0.4, -0.2) is 46.4 Å². The summed E-state index contributed by atoms with van der Waals surface area (Å²) >= 11 is 0. The van der Waals surface area contributed by atoms with E-state index in [0.717, 1.165) is 10.5 Å². The smallest absolute Gasteiger partial charge is 0.325 e. The van der Waals surface area contributed by atoms with E-state index in [1.54, 1.807) is 27.7 Å². The second-order valence-corrected chi connectivity index (χ2v) is 7.89. The number of amides is 6. The molecule has 0 aromatic heterocycles. The fourth-order valence-electron chi connectivity index (χ4n) is 2.78. The van der Waals surface area contributed by atoms with Crippen molar-refractivity contribution in [1.29, 1.82) is 0 Å². The van der Waals surface area contributed by atoms with Crippen molar-refractivity contribution in [3.05, 3.63) is 35.9 Å². The maximum Gasteiger partial charge on any atom is 0.325 e. The zero-order valence-corrected chi connectivity index (χ0v) is 16.1. The Balaban J connectivity index is 1.94. The van der Waals surface area contributed by atoms with Crippen molar-refractivity contribution in [1.82, 2.24) is 20.9 Å². The van der Waals surface area contributed by atoms with Crippen molar-refractivity contribution < 1.29 is 19.2 Å². The van der Waals surface area contributed by atoms with Gasteiger partial charge in [0.15, 0.2) is 0 Å². The second-order valence-electron chi connectivity index (χ2n) is 7.89. The molecule has 0 spiro atoms. The van der Waals surface area contributed by atoms with Crippen LogP contribution in [0.1, 0.15) is 39.7 Å². The van der Waals surface area contributed by atoms with Crippen molar-refractivity contribution in [2.75, 3.05) is 6.54 Å². The molecule has 146 valence electrons. The zero-order chi connectivity index (χ0) is 20.2. The van der Waals surface area contributed by atoms with Gasteiger partial charge in [0.05, 0.1) is 0 Å². The number of hydrogen-bond acceptors (Lipinski definition) is 4. The first-order valence-electron chi connectivity index (χ1n) is 8.80. The van der Waals surface area contributed by atoms with Gasteiger partial charge in [0.1, 0.15) is 12.1 Å². The maximum atomic E-state index is 12.7. The number of benzene rings is 1. The van der Waals surface area contributed by atoms with Crippen LogP contribution in [0.25, 0.3) is 0 Å². The number of carbonyl (C=O) groups is 4. The van der Waals surface area contributed by atoms with Crippen LogP contribution in [0.3, 0.4) is 0 Å². The molecule has 27 heavy (non-hydrogen) atoms. The minimum absolute atomic E-state index is 0.407. The summed E-state index contributed by atoms with van der Waals surface area (Å²) in [6.45, 7) is 6.44. The molecule has 1 fully saturated rings. The summed E-state index contributed by atoms with van der Waals surface area (Å²) in [5, 5.41) is 7.36. The summed E-state index contributed by atoms with van der Waals surface area (Å²) in [4.78, 5) is 49.5. The van der Waals surface area contributed by atoms with Crippen LogP contribution in [0.5, 0.6) is 0 Å². The summed E-state index contributed by atoms with van der Waals surface area (Å²) < 4.78 is 0. The third-order valence-corrected chi connectivity index (χ3v) is 4.14. The Morgan fingerprint density at radius 1 is 1.15 bits per heavy atom. The zero-order valence-electron chi connectivity index (χ0n) is 16.1. The molecule has 1 atom stereocenters. The number of imide groups is 2. The monoisotopic (exact) mass is 374 g/mol. The molecule has 0 aliphatic carbocycles. The summed E-state index contributed by atoms with van der Waals surface area (Å²) in [6, 6.07) is 8.31. The number of nitrogens with one attached hydrogen (secondary N) is 3. The standard InChI is InChI=1S/C19H26N4O4/c1-18(2,3)21-16(26)20-14(24)12-23-15(25)19(4,22-17(23)27)11-10-13-8-6-5-7-9-13/h5-9H,10-12H2,1-4H3,(H,22,27)(H2,20,21,24,26)/t19-/m0/s1. The van der Waals surface area contributed by atoms with Crippen molar-refractivity contribution in [2.24, 2.45) is 0 Å². The number of aryl methyl sites for hydroxylation is 1. The highest BCUT2D eigenvalue weighted by molar-refractivity contribution is 6.09.